The minimum Gasteiger partial charge on any atom is -0.486 e. The summed E-state index contributed by atoms with van der Waals surface area (Å²) in [6.45, 7) is 5.66. The third-order valence-electron chi connectivity index (χ3n) is 4.06. The summed E-state index contributed by atoms with van der Waals surface area (Å²) in [5.74, 6) is 1.45. The van der Waals surface area contributed by atoms with Gasteiger partial charge in [-0.05, 0) is 44.5 Å². The van der Waals surface area contributed by atoms with Crippen molar-refractivity contribution in [3.63, 3.8) is 0 Å². The van der Waals surface area contributed by atoms with Crippen molar-refractivity contribution in [3.8, 4) is 11.5 Å². The molecule has 1 aromatic rings. The summed E-state index contributed by atoms with van der Waals surface area (Å²) in [5.41, 5.74) is 0.666. The van der Waals surface area contributed by atoms with Crippen LogP contribution in [0, 0.1) is 0 Å². The van der Waals surface area contributed by atoms with Gasteiger partial charge in [0.25, 0.3) is 5.91 Å². The molecule has 2 aliphatic rings. The number of ether oxygens (including phenoxy) is 2. The minimum atomic E-state index is 0.0585. The van der Waals surface area contributed by atoms with Crippen molar-refractivity contribution < 1.29 is 14.3 Å². The van der Waals surface area contributed by atoms with E-state index in [-0.39, 0.29) is 5.91 Å². The van der Waals surface area contributed by atoms with Crippen molar-refractivity contribution in [2.75, 3.05) is 32.8 Å². The molecule has 114 valence electrons. The lowest BCUT2D eigenvalue weighted by Gasteiger charge is -2.25. The van der Waals surface area contributed by atoms with Crippen LogP contribution in [0.1, 0.15) is 30.1 Å². The zero-order chi connectivity index (χ0) is 14.7. The maximum atomic E-state index is 12.7. The van der Waals surface area contributed by atoms with Gasteiger partial charge in [0.05, 0.1) is 0 Å². The lowest BCUT2D eigenvalue weighted by atomic mass is 10.1. The van der Waals surface area contributed by atoms with E-state index in [9.17, 15) is 4.79 Å². The summed E-state index contributed by atoms with van der Waals surface area (Å²) in [5, 5.41) is 3.44. The van der Waals surface area contributed by atoms with Crippen LogP contribution in [0.4, 0.5) is 0 Å². The molecule has 1 fully saturated rings. The summed E-state index contributed by atoms with van der Waals surface area (Å²) in [7, 11) is 0. The van der Waals surface area contributed by atoms with E-state index >= 15 is 0 Å². The van der Waals surface area contributed by atoms with Crippen LogP contribution < -0.4 is 14.8 Å². The van der Waals surface area contributed by atoms with Gasteiger partial charge in [-0.1, -0.05) is 0 Å². The molecule has 1 aromatic carbocycles. The van der Waals surface area contributed by atoms with Gasteiger partial charge < -0.3 is 19.7 Å². The number of hydrogen-bond acceptors (Lipinski definition) is 4. The highest BCUT2D eigenvalue weighted by Crippen LogP contribution is 2.31. The van der Waals surface area contributed by atoms with Crippen molar-refractivity contribution in [1.82, 2.24) is 10.2 Å². The van der Waals surface area contributed by atoms with Crippen molar-refractivity contribution in [1.29, 1.82) is 0 Å². The van der Waals surface area contributed by atoms with Gasteiger partial charge in [-0.25, -0.2) is 0 Å². The zero-order valence-corrected chi connectivity index (χ0v) is 12.4. The standard InChI is InChI=1S/C16H22N2O3/c1-2-18(11-13-4-3-7-17-13)16(19)12-5-6-14-15(10-12)21-9-8-20-14/h5-6,10,13,17H,2-4,7-9,11H2,1H3. The molecule has 1 unspecified atom stereocenters. The Morgan fingerprint density at radius 3 is 2.86 bits per heavy atom. The number of carbonyl (C=O) groups is 1. The molecule has 0 saturated carbocycles. The topological polar surface area (TPSA) is 50.8 Å². The minimum absolute atomic E-state index is 0.0585. The summed E-state index contributed by atoms with van der Waals surface area (Å²) in [4.78, 5) is 14.5. The first-order valence-corrected chi connectivity index (χ1v) is 7.70. The van der Waals surface area contributed by atoms with Crippen LogP contribution in [-0.4, -0.2) is 49.7 Å². The third-order valence-corrected chi connectivity index (χ3v) is 4.06. The molecule has 2 heterocycles. The fourth-order valence-corrected chi connectivity index (χ4v) is 2.89. The second-order valence-electron chi connectivity index (χ2n) is 5.50. The van der Waals surface area contributed by atoms with Gasteiger partial charge in [0.2, 0.25) is 0 Å². The molecule has 1 atom stereocenters. The number of benzene rings is 1. The summed E-state index contributed by atoms with van der Waals surface area (Å²) < 4.78 is 11.0. The molecule has 1 N–H and O–H groups in total. The zero-order valence-electron chi connectivity index (χ0n) is 12.4. The van der Waals surface area contributed by atoms with Gasteiger partial charge in [0.15, 0.2) is 11.5 Å². The van der Waals surface area contributed by atoms with Crippen LogP contribution in [0.2, 0.25) is 0 Å². The number of hydrogen-bond donors (Lipinski definition) is 1. The molecule has 1 amide bonds. The molecular formula is C16H22N2O3. The fourth-order valence-electron chi connectivity index (χ4n) is 2.89. The van der Waals surface area contributed by atoms with Crippen molar-refractivity contribution in [2.45, 2.75) is 25.8 Å². The predicted octanol–water partition coefficient (Wildman–Crippen LogP) is 1.67. The Hall–Kier alpha value is -1.75. The van der Waals surface area contributed by atoms with E-state index in [2.05, 4.69) is 5.32 Å². The lowest BCUT2D eigenvalue weighted by molar-refractivity contribution is 0.0750. The van der Waals surface area contributed by atoms with Gasteiger partial charge in [0.1, 0.15) is 13.2 Å². The average Bonchev–Trinajstić information content (AvgIpc) is 3.04. The Morgan fingerprint density at radius 2 is 2.14 bits per heavy atom. The second kappa shape index (κ2) is 6.35. The number of fused-ring (bicyclic) bond motifs is 1. The molecule has 0 spiro atoms. The fraction of sp³-hybridized carbons (Fsp3) is 0.562. The summed E-state index contributed by atoms with van der Waals surface area (Å²) >= 11 is 0. The van der Waals surface area contributed by atoms with Gasteiger partial charge in [0, 0.05) is 24.7 Å². The quantitative estimate of drug-likeness (QED) is 0.916. The highest BCUT2D eigenvalue weighted by Gasteiger charge is 2.22. The first kappa shape index (κ1) is 14.2. The summed E-state index contributed by atoms with van der Waals surface area (Å²) in [6.07, 6.45) is 2.34. The average molecular weight is 290 g/mol. The monoisotopic (exact) mass is 290 g/mol. The maximum Gasteiger partial charge on any atom is 0.254 e. The number of nitrogens with one attached hydrogen (secondary N) is 1. The Labute approximate surface area is 125 Å². The van der Waals surface area contributed by atoms with E-state index in [1.807, 2.05) is 24.0 Å². The normalized spacial score (nSPS) is 20.3. The molecule has 0 aliphatic carbocycles. The highest BCUT2D eigenvalue weighted by atomic mass is 16.6. The molecule has 3 rings (SSSR count). The van der Waals surface area contributed by atoms with Gasteiger partial charge in [-0.15, -0.1) is 0 Å². The molecule has 0 aromatic heterocycles. The van der Waals surface area contributed by atoms with Crippen molar-refractivity contribution in [3.05, 3.63) is 23.8 Å². The number of carbonyl (C=O) groups excluding carboxylic acids is 1. The SMILES string of the molecule is CCN(CC1CCCN1)C(=O)c1ccc2c(c1)OCCO2. The first-order valence-electron chi connectivity index (χ1n) is 7.70. The van der Waals surface area contributed by atoms with Crippen LogP contribution in [-0.2, 0) is 0 Å². The lowest BCUT2D eigenvalue weighted by Crippen LogP contribution is -2.41. The predicted molar refractivity (Wildman–Crippen MR) is 80.0 cm³/mol. The van der Waals surface area contributed by atoms with Crippen LogP contribution in [0.25, 0.3) is 0 Å². The molecule has 1 saturated heterocycles. The van der Waals surface area contributed by atoms with E-state index < -0.39 is 0 Å². The molecule has 5 heteroatoms. The highest BCUT2D eigenvalue weighted by molar-refractivity contribution is 5.95. The van der Waals surface area contributed by atoms with Gasteiger partial charge in [-0.2, -0.15) is 0 Å². The number of likely N-dealkylation sites (N-methyl/N-ethyl adjacent to an activating group) is 1. The molecule has 21 heavy (non-hydrogen) atoms. The number of amides is 1. The Morgan fingerprint density at radius 1 is 1.33 bits per heavy atom. The first-order chi connectivity index (χ1) is 10.3. The molecule has 2 aliphatic heterocycles. The molecule has 0 radical (unpaired) electrons. The van der Waals surface area contributed by atoms with Gasteiger partial charge >= 0.3 is 0 Å². The van der Waals surface area contributed by atoms with Crippen LogP contribution in [0.5, 0.6) is 11.5 Å². The number of nitrogens with zero attached hydrogens (tertiary/aromatic N) is 1. The summed E-state index contributed by atoms with van der Waals surface area (Å²) in [6, 6.07) is 5.86. The Kier molecular flexibility index (Phi) is 4.29. The second-order valence-corrected chi connectivity index (χ2v) is 5.50. The van der Waals surface area contributed by atoms with E-state index in [0.29, 0.717) is 37.1 Å². The van der Waals surface area contributed by atoms with E-state index in [1.54, 1.807) is 6.07 Å². The van der Waals surface area contributed by atoms with Crippen LogP contribution in [0.15, 0.2) is 18.2 Å². The number of rotatable bonds is 4. The Bertz CT molecular complexity index is 512. The van der Waals surface area contributed by atoms with E-state index in [4.69, 9.17) is 9.47 Å². The molecule has 5 nitrogen and oxygen atoms in total. The van der Waals surface area contributed by atoms with E-state index in [0.717, 1.165) is 25.3 Å². The van der Waals surface area contributed by atoms with Gasteiger partial charge in [-0.3, -0.25) is 4.79 Å². The largest absolute Gasteiger partial charge is 0.486 e. The van der Waals surface area contributed by atoms with Crippen LogP contribution >= 0.6 is 0 Å². The van der Waals surface area contributed by atoms with Crippen molar-refractivity contribution in [2.24, 2.45) is 0 Å². The molecule has 0 bridgehead atoms. The smallest absolute Gasteiger partial charge is 0.254 e. The molecular weight excluding hydrogens is 268 g/mol. The Balaban J connectivity index is 1.73. The van der Waals surface area contributed by atoms with Crippen molar-refractivity contribution >= 4 is 5.91 Å². The maximum absolute atomic E-state index is 12.7. The van der Waals surface area contributed by atoms with E-state index in [1.165, 1.54) is 6.42 Å². The third kappa shape index (κ3) is 3.13. The van der Waals surface area contributed by atoms with Crippen LogP contribution in [0.3, 0.4) is 0 Å².